The third-order valence-corrected chi connectivity index (χ3v) is 3.80. The number of fused-ring (bicyclic) bond motifs is 1. The van der Waals surface area contributed by atoms with Crippen molar-refractivity contribution in [3.05, 3.63) is 34.9 Å². The van der Waals surface area contributed by atoms with Crippen molar-refractivity contribution < 1.29 is 14.7 Å². The molecule has 0 aromatic heterocycles. The van der Waals surface area contributed by atoms with Crippen LogP contribution in [0.3, 0.4) is 0 Å². The smallest absolute Gasteiger partial charge is 0.335 e. The van der Waals surface area contributed by atoms with E-state index < -0.39 is 5.97 Å². The van der Waals surface area contributed by atoms with Gasteiger partial charge in [0, 0.05) is 26.7 Å². The van der Waals surface area contributed by atoms with Crippen molar-refractivity contribution in [1.29, 1.82) is 0 Å². The molecule has 1 N–H and O–H groups in total. The van der Waals surface area contributed by atoms with E-state index in [-0.39, 0.29) is 5.91 Å². The van der Waals surface area contributed by atoms with Crippen molar-refractivity contribution in [1.82, 2.24) is 9.80 Å². The number of hydrogen-bond acceptors (Lipinski definition) is 3. The van der Waals surface area contributed by atoms with Crippen LogP contribution in [0.15, 0.2) is 18.2 Å². The molecule has 20 heavy (non-hydrogen) atoms. The molecule has 1 aliphatic heterocycles. The fraction of sp³-hybridized carbons (Fsp3) is 0.467. The molecule has 0 fully saturated rings. The number of carboxylic acids is 1. The third-order valence-electron chi connectivity index (χ3n) is 3.80. The molecule has 0 saturated heterocycles. The Bertz CT molecular complexity index is 528. The minimum atomic E-state index is -0.910. The zero-order valence-electron chi connectivity index (χ0n) is 11.9. The van der Waals surface area contributed by atoms with Gasteiger partial charge in [-0.25, -0.2) is 4.79 Å². The van der Waals surface area contributed by atoms with Gasteiger partial charge in [0.05, 0.1) is 12.1 Å². The first-order valence-corrected chi connectivity index (χ1v) is 6.82. The molecule has 0 bridgehead atoms. The molecular weight excluding hydrogens is 256 g/mol. The van der Waals surface area contributed by atoms with Gasteiger partial charge in [-0.15, -0.1) is 0 Å². The van der Waals surface area contributed by atoms with Gasteiger partial charge in [-0.3, -0.25) is 9.69 Å². The van der Waals surface area contributed by atoms with Crippen LogP contribution in [-0.2, 0) is 17.8 Å². The SMILES string of the molecule is CCN(C)C(=O)CN1CCc2ccc(C(=O)O)cc2C1. The van der Waals surface area contributed by atoms with Crippen molar-refractivity contribution >= 4 is 11.9 Å². The first-order chi connectivity index (χ1) is 9.51. The van der Waals surface area contributed by atoms with Gasteiger partial charge >= 0.3 is 5.97 Å². The van der Waals surface area contributed by atoms with Crippen LogP contribution in [0.1, 0.15) is 28.4 Å². The van der Waals surface area contributed by atoms with Crippen molar-refractivity contribution in [2.24, 2.45) is 0 Å². The molecule has 108 valence electrons. The van der Waals surface area contributed by atoms with Crippen LogP contribution in [-0.4, -0.2) is 53.5 Å². The van der Waals surface area contributed by atoms with Crippen LogP contribution in [0, 0.1) is 0 Å². The number of carbonyl (C=O) groups is 2. The number of rotatable bonds is 4. The largest absolute Gasteiger partial charge is 0.478 e. The van der Waals surface area contributed by atoms with Crippen LogP contribution in [0.4, 0.5) is 0 Å². The summed E-state index contributed by atoms with van der Waals surface area (Å²) in [5, 5.41) is 9.03. The number of amides is 1. The maximum Gasteiger partial charge on any atom is 0.335 e. The van der Waals surface area contributed by atoms with Crippen LogP contribution in [0.2, 0.25) is 0 Å². The number of likely N-dealkylation sites (N-methyl/N-ethyl adjacent to an activating group) is 1. The summed E-state index contributed by atoms with van der Waals surface area (Å²) < 4.78 is 0. The van der Waals surface area contributed by atoms with Crippen molar-refractivity contribution in [3.8, 4) is 0 Å². The lowest BCUT2D eigenvalue weighted by atomic mass is 9.97. The molecule has 0 radical (unpaired) electrons. The molecule has 1 amide bonds. The molecule has 1 aliphatic rings. The molecular formula is C15H20N2O3. The number of nitrogens with zero attached hydrogens (tertiary/aromatic N) is 2. The summed E-state index contributed by atoms with van der Waals surface area (Å²) in [6, 6.07) is 5.25. The zero-order valence-corrected chi connectivity index (χ0v) is 11.9. The van der Waals surface area contributed by atoms with E-state index in [0.29, 0.717) is 25.2 Å². The monoisotopic (exact) mass is 276 g/mol. The highest BCUT2D eigenvalue weighted by Crippen LogP contribution is 2.20. The molecule has 5 heteroatoms. The Morgan fingerprint density at radius 3 is 2.75 bits per heavy atom. The van der Waals surface area contributed by atoms with E-state index in [9.17, 15) is 9.59 Å². The minimum Gasteiger partial charge on any atom is -0.478 e. The molecule has 5 nitrogen and oxygen atoms in total. The minimum absolute atomic E-state index is 0.102. The Kier molecular flexibility index (Phi) is 4.39. The van der Waals surface area contributed by atoms with Gasteiger partial charge in [0.1, 0.15) is 0 Å². The summed E-state index contributed by atoms with van der Waals surface area (Å²) in [6.07, 6.45) is 0.859. The van der Waals surface area contributed by atoms with Gasteiger partial charge in [0.2, 0.25) is 5.91 Å². The zero-order chi connectivity index (χ0) is 14.7. The highest BCUT2D eigenvalue weighted by molar-refractivity contribution is 5.88. The number of carboxylic acid groups (broad SMARTS) is 1. The van der Waals surface area contributed by atoms with Gasteiger partial charge in [-0.05, 0) is 36.6 Å². The van der Waals surface area contributed by atoms with Gasteiger partial charge in [-0.1, -0.05) is 6.07 Å². The molecule has 2 rings (SSSR count). The molecule has 0 atom stereocenters. The first-order valence-electron chi connectivity index (χ1n) is 6.82. The Morgan fingerprint density at radius 1 is 1.35 bits per heavy atom. The summed E-state index contributed by atoms with van der Waals surface area (Å²) in [7, 11) is 1.79. The number of hydrogen-bond donors (Lipinski definition) is 1. The van der Waals surface area contributed by atoms with Crippen molar-refractivity contribution in [2.45, 2.75) is 19.9 Å². The topological polar surface area (TPSA) is 60.9 Å². The second-order valence-electron chi connectivity index (χ2n) is 5.16. The van der Waals surface area contributed by atoms with E-state index in [1.165, 1.54) is 5.56 Å². The van der Waals surface area contributed by atoms with E-state index >= 15 is 0 Å². The van der Waals surface area contributed by atoms with Gasteiger partial charge in [0.25, 0.3) is 0 Å². The second kappa shape index (κ2) is 6.05. The summed E-state index contributed by atoms with van der Waals surface area (Å²) in [5.74, 6) is -0.808. The lowest BCUT2D eigenvalue weighted by Gasteiger charge is -2.29. The van der Waals surface area contributed by atoms with Crippen LogP contribution in [0.25, 0.3) is 0 Å². The summed E-state index contributed by atoms with van der Waals surface area (Å²) in [5.41, 5.74) is 2.51. The van der Waals surface area contributed by atoms with Crippen molar-refractivity contribution in [2.75, 3.05) is 26.7 Å². The summed E-state index contributed by atoms with van der Waals surface area (Å²) in [4.78, 5) is 26.7. The highest BCUT2D eigenvalue weighted by atomic mass is 16.4. The second-order valence-corrected chi connectivity index (χ2v) is 5.16. The lowest BCUT2D eigenvalue weighted by Crippen LogP contribution is -2.40. The van der Waals surface area contributed by atoms with E-state index in [1.54, 1.807) is 24.1 Å². The van der Waals surface area contributed by atoms with Crippen LogP contribution >= 0.6 is 0 Å². The normalized spacial score (nSPS) is 14.7. The summed E-state index contributed by atoms with van der Waals surface area (Å²) in [6.45, 7) is 4.51. The fourth-order valence-electron chi connectivity index (χ4n) is 2.37. The predicted molar refractivity (Wildman–Crippen MR) is 75.7 cm³/mol. The van der Waals surface area contributed by atoms with Crippen molar-refractivity contribution in [3.63, 3.8) is 0 Å². The Morgan fingerprint density at radius 2 is 2.10 bits per heavy atom. The number of benzene rings is 1. The quantitative estimate of drug-likeness (QED) is 0.898. The molecule has 1 aromatic carbocycles. The average molecular weight is 276 g/mol. The third kappa shape index (κ3) is 3.17. The standard InChI is InChI=1S/C15H20N2O3/c1-3-16(2)14(18)10-17-7-6-11-4-5-12(15(19)20)8-13(11)9-17/h4-5,8H,3,6-7,9-10H2,1-2H3,(H,19,20). The van der Waals surface area contributed by atoms with E-state index in [1.807, 2.05) is 13.0 Å². The average Bonchev–Trinajstić information content (AvgIpc) is 2.45. The Hall–Kier alpha value is -1.88. The van der Waals surface area contributed by atoms with Crippen LogP contribution in [0.5, 0.6) is 0 Å². The van der Waals surface area contributed by atoms with Gasteiger partial charge in [0.15, 0.2) is 0 Å². The summed E-state index contributed by atoms with van der Waals surface area (Å²) >= 11 is 0. The number of aromatic carboxylic acids is 1. The van der Waals surface area contributed by atoms with Gasteiger partial charge < -0.3 is 10.0 Å². The van der Waals surface area contributed by atoms with E-state index in [2.05, 4.69) is 4.90 Å². The molecule has 1 heterocycles. The van der Waals surface area contributed by atoms with E-state index in [0.717, 1.165) is 18.5 Å². The molecule has 0 spiro atoms. The lowest BCUT2D eigenvalue weighted by molar-refractivity contribution is -0.131. The Labute approximate surface area is 118 Å². The number of carbonyl (C=O) groups excluding carboxylic acids is 1. The Balaban J connectivity index is 2.08. The fourth-order valence-corrected chi connectivity index (χ4v) is 2.37. The highest BCUT2D eigenvalue weighted by Gasteiger charge is 2.20. The van der Waals surface area contributed by atoms with E-state index in [4.69, 9.17) is 5.11 Å². The van der Waals surface area contributed by atoms with Crippen LogP contribution < -0.4 is 0 Å². The molecule has 0 unspecified atom stereocenters. The predicted octanol–water partition coefficient (Wildman–Crippen LogP) is 1.22. The first kappa shape index (κ1) is 14.5. The maximum atomic E-state index is 11.9. The van der Waals surface area contributed by atoms with Gasteiger partial charge in [-0.2, -0.15) is 0 Å². The molecule has 0 aliphatic carbocycles. The molecule has 0 saturated carbocycles. The molecule has 1 aromatic rings. The maximum absolute atomic E-state index is 11.9.